The average Bonchev–Trinajstić information content (AvgIpc) is 2.57. The summed E-state index contributed by atoms with van der Waals surface area (Å²) >= 11 is 0. The van der Waals surface area contributed by atoms with Gasteiger partial charge in [-0.05, 0) is 57.4 Å². The van der Waals surface area contributed by atoms with Gasteiger partial charge in [0.2, 0.25) is 0 Å². The number of hydroxylamine groups is 2. The van der Waals surface area contributed by atoms with E-state index in [4.69, 9.17) is 4.84 Å². The summed E-state index contributed by atoms with van der Waals surface area (Å²) in [5, 5.41) is 6.33. The molecule has 0 radical (unpaired) electrons. The molecule has 0 bridgehead atoms. The summed E-state index contributed by atoms with van der Waals surface area (Å²) in [6.45, 7) is 10.3. The third-order valence-electron chi connectivity index (χ3n) is 3.78. The molecule has 9 heteroatoms. The van der Waals surface area contributed by atoms with Crippen molar-refractivity contribution in [3.8, 4) is 0 Å². The van der Waals surface area contributed by atoms with Gasteiger partial charge in [-0.15, -0.1) is 0 Å². The first-order chi connectivity index (χ1) is 13.3. The largest absolute Gasteiger partial charge is 0.338 e. The number of urea groups is 1. The normalized spacial score (nSPS) is 13.4. The van der Waals surface area contributed by atoms with E-state index in [0.717, 1.165) is 5.06 Å². The van der Waals surface area contributed by atoms with Crippen LogP contribution in [0.4, 0.5) is 10.5 Å². The number of carbonyl (C=O) groups excluding carboxylic acids is 3. The van der Waals surface area contributed by atoms with Crippen LogP contribution in [0.5, 0.6) is 0 Å². The monoisotopic (exact) mass is 425 g/mol. The summed E-state index contributed by atoms with van der Waals surface area (Å²) in [5.74, 6) is -1.01. The topological polar surface area (TPSA) is 105 Å². The number of rotatable bonds is 6. The summed E-state index contributed by atoms with van der Waals surface area (Å²) < 4.78 is 11.5. The Bertz CT molecular complexity index is 756. The van der Waals surface area contributed by atoms with Crippen LogP contribution in [0.15, 0.2) is 29.2 Å². The van der Waals surface area contributed by atoms with Crippen molar-refractivity contribution in [1.82, 2.24) is 10.4 Å². The Morgan fingerprint density at radius 2 is 1.69 bits per heavy atom. The van der Waals surface area contributed by atoms with Gasteiger partial charge in [0.25, 0.3) is 5.91 Å². The fourth-order valence-electron chi connectivity index (χ4n) is 2.53. The molecule has 2 N–H and O–H groups in total. The van der Waals surface area contributed by atoms with Crippen molar-refractivity contribution >= 4 is 34.4 Å². The number of hydrogen-bond acceptors (Lipinski definition) is 5. The summed E-state index contributed by atoms with van der Waals surface area (Å²) in [7, 11) is -1.11. The summed E-state index contributed by atoms with van der Waals surface area (Å²) in [6.07, 6.45) is 1.94. The molecule has 1 aromatic rings. The van der Waals surface area contributed by atoms with Crippen LogP contribution >= 0.6 is 0 Å². The summed E-state index contributed by atoms with van der Waals surface area (Å²) in [6, 6.07) is 5.14. The highest BCUT2D eigenvalue weighted by Gasteiger charge is 2.36. The van der Waals surface area contributed by atoms with Crippen LogP contribution < -0.4 is 10.6 Å². The molecule has 0 saturated carbocycles. The van der Waals surface area contributed by atoms with Crippen molar-refractivity contribution in [2.45, 2.75) is 64.4 Å². The maximum Gasteiger partial charge on any atom is 0.329 e. The molecule has 29 heavy (non-hydrogen) atoms. The molecule has 2 atom stereocenters. The van der Waals surface area contributed by atoms with Gasteiger partial charge in [-0.2, -0.15) is 5.06 Å². The lowest BCUT2D eigenvalue weighted by Crippen LogP contribution is -2.55. The van der Waals surface area contributed by atoms with Gasteiger partial charge in [-0.3, -0.25) is 13.8 Å². The molecule has 1 aromatic carbocycles. The van der Waals surface area contributed by atoms with Crippen LogP contribution in [0.2, 0.25) is 0 Å². The van der Waals surface area contributed by atoms with Crippen LogP contribution in [0.1, 0.15) is 48.0 Å². The molecule has 0 aliphatic carbocycles. The first kappa shape index (κ1) is 24.6. The Morgan fingerprint density at radius 1 is 1.14 bits per heavy atom. The molecule has 162 valence electrons. The van der Waals surface area contributed by atoms with Gasteiger partial charge in [0.05, 0.1) is 5.54 Å². The lowest BCUT2D eigenvalue weighted by Gasteiger charge is -2.35. The average molecular weight is 426 g/mol. The first-order valence-corrected chi connectivity index (χ1v) is 10.9. The minimum absolute atomic E-state index is 0.113. The quantitative estimate of drug-likeness (QED) is 0.682. The number of anilines is 1. The third-order valence-corrected chi connectivity index (χ3v) is 4.72. The molecule has 0 fully saturated rings. The molecule has 0 aliphatic rings. The number of hydrogen-bond donors (Lipinski definition) is 2. The zero-order valence-corrected chi connectivity index (χ0v) is 18.9. The van der Waals surface area contributed by atoms with Crippen molar-refractivity contribution < 1.29 is 23.4 Å². The smallest absolute Gasteiger partial charge is 0.329 e. The van der Waals surface area contributed by atoms with Crippen molar-refractivity contribution in [2.24, 2.45) is 5.92 Å². The van der Waals surface area contributed by atoms with Gasteiger partial charge in [-0.1, -0.05) is 13.8 Å². The SMILES string of the molecule is CC(=O)ON(C(=O)[C@H](CC(C)C)NC(=O)Nc1ccc(S(C)=O)cc1)C(C)(C)C. The highest BCUT2D eigenvalue weighted by Crippen LogP contribution is 2.19. The van der Waals surface area contributed by atoms with E-state index in [-0.39, 0.29) is 5.92 Å². The van der Waals surface area contributed by atoms with Gasteiger partial charge in [0, 0.05) is 34.6 Å². The van der Waals surface area contributed by atoms with Crippen molar-refractivity contribution in [3.05, 3.63) is 24.3 Å². The Morgan fingerprint density at radius 3 is 2.10 bits per heavy atom. The number of amides is 3. The van der Waals surface area contributed by atoms with Crippen molar-refractivity contribution in [1.29, 1.82) is 0 Å². The predicted octanol–water partition coefficient (Wildman–Crippen LogP) is 3.07. The molecular formula is C20H31N3O5S. The van der Waals surface area contributed by atoms with E-state index in [1.54, 1.807) is 51.3 Å². The fourth-order valence-corrected chi connectivity index (χ4v) is 3.05. The minimum atomic E-state index is -1.11. The number of carbonyl (C=O) groups is 3. The second kappa shape index (κ2) is 10.4. The van der Waals surface area contributed by atoms with Crippen LogP contribution in [-0.2, 0) is 25.2 Å². The van der Waals surface area contributed by atoms with Gasteiger partial charge in [0.1, 0.15) is 6.04 Å². The second-order valence-electron chi connectivity index (χ2n) is 8.15. The van der Waals surface area contributed by atoms with Crippen LogP contribution in [0.25, 0.3) is 0 Å². The Kier molecular flexibility index (Phi) is 8.81. The van der Waals surface area contributed by atoms with E-state index in [2.05, 4.69) is 10.6 Å². The molecule has 0 spiro atoms. The minimum Gasteiger partial charge on any atom is -0.338 e. The molecule has 0 heterocycles. The van der Waals surface area contributed by atoms with Gasteiger partial charge < -0.3 is 15.5 Å². The van der Waals surface area contributed by atoms with Crippen LogP contribution in [-0.4, -0.2) is 45.0 Å². The molecule has 0 aromatic heterocycles. The zero-order valence-electron chi connectivity index (χ0n) is 18.1. The highest BCUT2D eigenvalue weighted by atomic mass is 32.2. The molecule has 1 unspecified atom stereocenters. The van der Waals surface area contributed by atoms with Crippen molar-refractivity contribution in [3.63, 3.8) is 0 Å². The Balaban J connectivity index is 2.96. The zero-order chi connectivity index (χ0) is 22.4. The maximum atomic E-state index is 13.0. The number of benzene rings is 1. The van der Waals surface area contributed by atoms with Crippen molar-refractivity contribution in [2.75, 3.05) is 11.6 Å². The van der Waals surface area contributed by atoms with Crippen LogP contribution in [0.3, 0.4) is 0 Å². The highest BCUT2D eigenvalue weighted by molar-refractivity contribution is 7.84. The maximum absolute atomic E-state index is 13.0. The van der Waals surface area contributed by atoms with Gasteiger partial charge in [0.15, 0.2) is 0 Å². The first-order valence-electron chi connectivity index (χ1n) is 9.35. The predicted molar refractivity (Wildman–Crippen MR) is 113 cm³/mol. The molecule has 1 rings (SSSR count). The molecule has 3 amide bonds. The van der Waals surface area contributed by atoms with E-state index < -0.39 is 40.3 Å². The molecule has 8 nitrogen and oxygen atoms in total. The van der Waals surface area contributed by atoms with E-state index in [9.17, 15) is 18.6 Å². The number of nitrogens with one attached hydrogen (secondary N) is 2. The van der Waals surface area contributed by atoms with E-state index in [1.165, 1.54) is 6.92 Å². The Hall–Kier alpha value is -2.42. The number of nitrogens with zero attached hydrogens (tertiary/aromatic N) is 1. The standard InChI is InChI=1S/C20H31N3O5S/c1-13(2)12-17(18(25)23(20(4,5)6)28-14(3)24)22-19(26)21-15-8-10-16(11-9-15)29(7)27/h8-11,13,17H,12H2,1-7H3,(H2,21,22,26)/t17-,29?/m0/s1. The Labute approximate surface area is 174 Å². The van der Waals surface area contributed by atoms with Gasteiger partial charge in [-0.25, -0.2) is 4.79 Å². The van der Waals surface area contributed by atoms with E-state index >= 15 is 0 Å². The van der Waals surface area contributed by atoms with Crippen LogP contribution in [0, 0.1) is 5.92 Å². The van der Waals surface area contributed by atoms with E-state index in [0.29, 0.717) is 17.0 Å². The van der Waals surface area contributed by atoms with Gasteiger partial charge >= 0.3 is 12.0 Å². The third kappa shape index (κ3) is 8.23. The summed E-state index contributed by atoms with van der Waals surface area (Å²) in [5.41, 5.74) is -0.276. The summed E-state index contributed by atoms with van der Waals surface area (Å²) in [4.78, 5) is 42.7. The molecular weight excluding hydrogens is 394 g/mol. The lowest BCUT2D eigenvalue weighted by atomic mass is 10.0. The molecule has 0 aliphatic heterocycles. The van der Waals surface area contributed by atoms with E-state index in [1.807, 2.05) is 13.8 Å². The molecule has 0 saturated heterocycles. The lowest BCUT2D eigenvalue weighted by molar-refractivity contribution is -0.216. The second-order valence-corrected chi connectivity index (χ2v) is 9.53. The fraction of sp³-hybridized carbons (Fsp3) is 0.550.